The minimum Gasteiger partial charge on any atom is -0.307 e. The van der Waals surface area contributed by atoms with Crippen molar-refractivity contribution in [2.45, 2.75) is 13.5 Å². The number of amides is 1. The van der Waals surface area contributed by atoms with Crippen LogP contribution in [-0.2, 0) is 6.54 Å². The Kier molecular flexibility index (Phi) is 4.15. The molecule has 2 aromatic heterocycles. The molecule has 0 fully saturated rings. The SMILES string of the molecule is Cc1ccc(NC(=O)c2ccc(Cn3nnc4ccccc43)cc2)nc1. The van der Waals surface area contributed by atoms with E-state index in [1.807, 2.05) is 54.1 Å². The van der Waals surface area contributed by atoms with Gasteiger partial charge in [-0.1, -0.05) is 35.5 Å². The fourth-order valence-electron chi connectivity index (χ4n) is 2.70. The van der Waals surface area contributed by atoms with Gasteiger partial charge in [-0.25, -0.2) is 9.67 Å². The number of aromatic nitrogens is 4. The number of anilines is 1. The van der Waals surface area contributed by atoms with Crippen molar-refractivity contribution in [1.29, 1.82) is 0 Å². The van der Waals surface area contributed by atoms with Crippen molar-refractivity contribution >= 4 is 22.8 Å². The minimum absolute atomic E-state index is 0.181. The molecule has 0 radical (unpaired) electrons. The highest BCUT2D eigenvalue weighted by atomic mass is 16.1. The van der Waals surface area contributed by atoms with Crippen LogP contribution in [0, 0.1) is 6.92 Å². The molecule has 26 heavy (non-hydrogen) atoms. The Labute approximate surface area is 150 Å². The van der Waals surface area contributed by atoms with Crippen LogP contribution in [0.15, 0.2) is 66.9 Å². The van der Waals surface area contributed by atoms with Crippen molar-refractivity contribution < 1.29 is 4.79 Å². The maximum Gasteiger partial charge on any atom is 0.256 e. The lowest BCUT2D eigenvalue weighted by molar-refractivity contribution is 0.102. The van der Waals surface area contributed by atoms with E-state index in [1.165, 1.54) is 0 Å². The number of carbonyl (C=O) groups excluding carboxylic acids is 1. The fourth-order valence-corrected chi connectivity index (χ4v) is 2.70. The number of para-hydroxylation sites is 1. The van der Waals surface area contributed by atoms with Gasteiger partial charge in [0.2, 0.25) is 0 Å². The largest absolute Gasteiger partial charge is 0.307 e. The minimum atomic E-state index is -0.181. The van der Waals surface area contributed by atoms with Gasteiger partial charge in [0.05, 0.1) is 12.1 Å². The first kappa shape index (κ1) is 16.0. The summed E-state index contributed by atoms with van der Waals surface area (Å²) in [6.45, 7) is 2.55. The van der Waals surface area contributed by atoms with Gasteiger partial charge in [-0.15, -0.1) is 5.10 Å². The maximum atomic E-state index is 12.3. The van der Waals surface area contributed by atoms with Gasteiger partial charge in [0.25, 0.3) is 5.91 Å². The summed E-state index contributed by atoms with van der Waals surface area (Å²) in [5.41, 5.74) is 4.53. The zero-order chi connectivity index (χ0) is 17.9. The number of benzene rings is 2. The molecule has 0 unspecified atom stereocenters. The Bertz CT molecular complexity index is 1050. The first-order valence-electron chi connectivity index (χ1n) is 8.30. The van der Waals surface area contributed by atoms with Crippen molar-refractivity contribution in [3.8, 4) is 0 Å². The highest BCUT2D eigenvalue weighted by molar-refractivity contribution is 6.03. The Morgan fingerprint density at radius 1 is 1.04 bits per heavy atom. The molecule has 6 heteroatoms. The second-order valence-electron chi connectivity index (χ2n) is 6.11. The molecule has 6 nitrogen and oxygen atoms in total. The molecule has 0 aliphatic heterocycles. The number of carbonyl (C=O) groups is 1. The summed E-state index contributed by atoms with van der Waals surface area (Å²) in [6, 6.07) is 19.0. The van der Waals surface area contributed by atoms with Crippen molar-refractivity contribution in [2.75, 3.05) is 5.32 Å². The normalized spacial score (nSPS) is 10.8. The number of rotatable bonds is 4. The molecule has 2 heterocycles. The molecule has 1 N–H and O–H groups in total. The highest BCUT2D eigenvalue weighted by Gasteiger charge is 2.08. The van der Waals surface area contributed by atoms with Crippen LogP contribution in [0.1, 0.15) is 21.5 Å². The Morgan fingerprint density at radius 3 is 2.62 bits per heavy atom. The van der Waals surface area contributed by atoms with Crippen LogP contribution < -0.4 is 5.32 Å². The van der Waals surface area contributed by atoms with Crippen molar-refractivity contribution in [3.05, 3.63) is 83.6 Å². The number of aryl methyl sites for hydroxylation is 1. The van der Waals surface area contributed by atoms with Gasteiger partial charge < -0.3 is 5.32 Å². The molecule has 1 amide bonds. The molecule has 0 atom stereocenters. The first-order valence-corrected chi connectivity index (χ1v) is 8.30. The van der Waals surface area contributed by atoms with E-state index in [2.05, 4.69) is 20.6 Å². The molecule has 128 valence electrons. The smallest absolute Gasteiger partial charge is 0.256 e. The predicted molar refractivity (Wildman–Crippen MR) is 100.0 cm³/mol. The average Bonchev–Trinajstić information content (AvgIpc) is 3.07. The number of nitrogens with zero attached hydrogens (tertiary/aromatic N) is 4. The fraction of sp³-hybridized carbons (Fsp3) is 0.100. The molecular formula is C20H17N5O. The molecule has 0 saturated heterocycles. The predicted octanol–water partition coefficient (Wildman–Crippen LogP) is 3.44. The molecule has 0 bridgehead atoms. The maximum absolute atomic E-state index is 12.3. The van der Waals surface area contributed by atoms with Gasteiger partial charge in [0.15, 0.2) is 0 Å². The lowest BCUT2D eigenvalue weighted by Crippen LogP contribution is -2.13. The second kappa shape index (κ2) is 6.76. The van der Waals surface area contributed by atoms with Gasteiger partial charge in [-0.3, -0.25) is 4.79 Å². The monoisotopic (exact) mass is 343 g/mol. The standard InChI is InChI=1S/C20H17N5O/c1-14-6-11-19(21-12-14)22-20(26)16-9-7-15(8-10-16)13-25-18-5-3-2-4-17(18)23-24-25/h2-12H,13H2,1H3,(H,21,22,26). The molecule has 2 aromatic carbocycles. The summed E-state index contributed by atoms with van der Waals surface area (Å²) >= 11 is 0. The first-order chi connectivity index (χ1) is 12.7. The Balaban J connectivity index is 1.47. The number of hydrogen-bond acceptors (Lipinski definition) is 4. The van der Waals surface area contributed by atoms with Crippen LogP contribution in [-0.4, -0.2) is 25.9 Å². The third kappa shape index (κ3) is 3.30. The topological polar surface area (TPSA) is 72.7 Å². The van der Waals surface area contributed by atoms with Crippen LogP contribution in [0.25, 0.3) is 11.0 Å². The van der Waals surface area contributed by atoms with E-state index in [0.29, 0.717) is 17.9 Å². The summed E-state index contributed by atoms with van der Waals surface area (Å²) in [4.78, 5) is 16.5. The van der Waals surface area contributed by atoms with E-state index in [1.54, 1.807) is 24.4 Å². The lowest BCUT2D eigenvalue weighted by Gasteiger charge is -2.06. The van der Waals surface area contributed by atoms with E-state index in [-0.39, 0.29) is 5.91 Å². The number of fused-ring (bicyclic) bond motifs is 1. The quantitative estimate of drug-likeness (QED) is 0.616. The van der Waals surface area contributed by atoms with E-state index < -0.39 is 0 Å². The van der Waals surface area contributed by atoms with Crippen molar-refractivity contribution in [3.63, 3.8) is 0 Å². The third-order valence-electron chi connectivity index (χ3n) is 4.12. The molecule has 4 rings (SSSR count). The lowest BCUT2D eigenvalue weighted by atomic mass is 10.1. The summed E-state index contributed by atoms with van der Waals surface area (Å²) < 4.78 is 1.85. The van der Waals surface area contributed by atoms with Gasteiger partial charge >= 0.3 is 0 Å². The molecule has 0 spiro atoms. The van der Waals surface area contributed by atoms with E-state index in [9.17, 15) is 4.79 Å². The summed E-state index contributed by atoms with van der Waals surface area (Å²) in [5.74, 6) is 0.359. The van der Waals surface area contributed by atoms with E-state index >= 15 is 0 Å². The number of pyridine rings is 1. The van der Waals surface area contributed by atoms with Gasteiger partial charge in [0, 0.05) is 11.8 Å². The average molecular weight is 343 g/mol. The Morgan fingerprint density at radius 2 is 1.85 bits per heavy atom. The molecule has 0 saturated carbocycles. The molecule has 0 aliphatic carbocycles. The summed E-state index contributed by atoms with van der Waals surface area (Å²) in [5, 5.41) is 11.1. The van der Waals surface area contributed by atoms with Crippen molar-refractivity contribution in [2.24, 2.45) is 0 Å². The number of hydrogen-bond donors (Lipinski definition) is 1. The van der Waals surface area contributed by atoms with E-state index in [4.69, 9.17) is 0 Å². The van der Waals surface area contributed by atoms with Crippen LogP contribution in [0.3, 0.4) is 0 Å². The Hall–Kier alpha value is -3.54. The number of nitrogens with one attached hydrogen (secondary N) is 1. The molecule has 0 aliphatic rings. The van der Waals surface area contributed by atoms with Crippen LogP contribution in [0.4, 0.5) is 5.82 Å². The van der Waals surface area contributed by atoms with Gasteiger partial charge in [0.1, 0.15) is 11.3 Å². The highest BCUT2D eigenvalue weighted by Crippen LogP contribution is 2.13. The second-order valence-corrected chi connectivity index (χ2v) is 6.11. The van der Waals surface area contributed by atoms with Crippen LogP contribution in [0.5, 0.6) is 0 Å². The summed E-state index contributed by atoms with van der Waals surface area (Å²) in [7, 11) is 0. The van der Waals surface area contributed by atoms with Gasteiger partial charge in [-0.2, -0.15) is 0 Å². The third-order valence-corrected chi connectivity index (χ3v) is 4.12. The van der Waals surface area contributed by atoms with Crippen LogP contribution in [0.2, 0.25) is 0 Å². The zero-order valence-corrected chi connectivity index (χ0v) is 14.3. The van der Waals surface area contributed by atoms with Crippen molar-refractivity contribution in [1.82, 2.24) is 20.0 Å². The van der Waals surface area contributed by atoms with Gasteiger partial charge in [-0.05, 0) is 48.4 Å². The molecule has 4 aromatic rings. The summed E-state index contributed by atoms with van der Waals surface area (Å²) in [6.07, 6.45) is 1.72. The zero-order valence-electron chi connectivity index (χ0n) is 14.3. The molecular weight excluding hydrogens is 326 g/mol. The van der Waals surface area contributed by atoms with Crippen LogP contribution >= 0.6 is 0 Å². The van der Waals surface area contributed by atoms with E-state index in [0.717, 1.165) is 22.2 Å².